The highest BCUT2D eigenvalue weighted by molar-refractivity contribution is 6.12. The van der Waals surface area contributed by atoms with Gasteiger partial charge in [0.1, 0.15) is 42.8 Å². The molecule has 9 unspecified atom stereocenters. The minimum absolute atomic E-state index is 0.0325. The monoisotopic (exact) mass is 1320 g/mol. The van der Waals surface area contributed by atoms with Crippen molar-refractivity contribution in [2.45, 2.75) is 167 Å². The molecule has 0 saturated carbocycles. The molecule has 30 nitrogen and oxygen atoms in total. The summed E-state index contributed by atoms with van der Waals surface area (Å²) >= 11 is 0. The van der Waals surface area contributed by atoms with Crippen LogP contribution in [0.1, 0.15) is 111 Å². The molecule has 2 aromatic rings. The predicted octanol–water partition coefficient (Wildman–Crippen LogP) is 0.879. The summed E-state index contributed by atoms with van der Waals surface area (Å²) in [7, 11) is 4.66. The van der Waals surface area contributed by atoms with Gasteiger partial charge >= 0.3 is 18.0 Å². The molecule has 9 amide bonds. The minimum Gasteiger partial charge on any atom is -0.479 e. The number of methoxy groups -OCH3 is 1. The number of aliphatic hydroxyl groups is 3. The van der Waals surface area contributed by atoms with Crippen LogP contribution in [0.15, 0.2) is 66.3 Å². The fourth-order valence-electron chi connectivity index (χ4n) is 10.1. The van der Waals surface area contributed by atoms with Crippen molar-refractivity contribution in [1.82, 2.24) is 41.7 Å². The fourth-order valence-corrected chi connectivity index (χ4v) is 10.1. The Bertz CT molecular complexity index is 3040. The van der Waals surface area contributed by atoms with Gasteiger partial charge in [0.15, 0.2) is 6.10 Å². The Morgan fingerprint density at radius 2 is 1.45 bits per heavy atom. The van der Waals surface area contributed by atoms with Crippen molar-refractivity contribution >= 4 is 71.0 Å². The zero-order chi connectivity index (χ0) is 70.2. The molecule has 0 bridgehead atoms. The first-order valence-electron chi connectivity index (χ1n) is 30.8. The molecular formula is C64H93N9O21. The van der Waals surface area contributed by atoms with E-state index < -0.39 is 138 Å². The van der Waals surface area contributed by atoms with Crippen LogP contribution in [0.3, 0.4) is 0 Å². The van der Waals surface area contributed by atoms with Crippen molar-refractivity contribution in [1.29, 1.82) is 0 Å². The second-order valence-electron chi connectivity index (χ2n) is 24.7. The van der Waals surface area contributed by atoms with Crippen LogP contribution in [0.25, 0.3) is 0 Å². The Hall–Kier alpha value is -8.39. The first-order chi connectivity index (χ1) is 44.2. The van der Waals surface area contributed by atoms with Crippen LogP contribution in [0, 0.1) is 11.3 Å². The van der Waals surface area contributed by atoms with Crippen LogP contribution >= 0.6 is 0 Å². The van der Waals surface area contributed by atoms with Crippen LogP contribution in [0.2, 0.25) is 0 Å². The van der Waals surface area contributed by atoms with Gasteiger partial charge in [-0.1, -0.05) is 79.2 Å². The molecule has 520 valence electrons. The molecule has 0 aromatic heterocycles. The lowest BCUT2D eigenvalue weighted by atomic mass is 9.76. The Balaban J connectivity index is 1.46. The second kappa shape index (κ2) is 36.9. The molecule has 30 heteroatoms. The third-order valence-electron chi connectivity index (χ3n) is 15.7. The maximum Gasteiger partial charge on any atom is 0.411 e. The van der Waals surface area contributed by atoms with Crippen LogP contribution in [-0.4, -0.2) is 216 Å². The Morgan fingerprint density at radius 1 is 0.766 bits per heavy atom. The number of nitrogens with zero attached hydrogens (tertiary/aromatic N) is 2. The molecule has 0 radical (unpaired) electrons. The van der Waals surface area contributed by atoms with Gasteiger partial charge in [-0.15, -0.1) is 0 Å². The molecule has 2 aliphatic rings. The van der Waals surface area contributed by atoms with E-state index in [1.807, 2.05) is 13.8 Å². The number of likely N-dealkylation sites (N-methyl/N-ethyl adjacent to an activating group) is 2. The lowest BCUT2D eigenvalue weighted by Crippen LogP contribution is -2.61. The molecule has 1 fully saturated rings. The summed E-state index contributed by atoms with van der Waals surface area (Å²) in [6.07, 6.45) is -6.12. The topological polar surface area (TPSA) is 426 Å². The zero-order valence-electron chi connectivity index (χ0n) is 55.1. The molecule has 9 atom stereocenters. The first-order valence-corrected chi connectivity index (χ1v) is 30.8. The average Bonchev–Trinajstić information content (AvgIpc) is 0.940. The van der Waals surface area contributed by atoms with E-state index in [4.69, 9.17) is 23.7 Å². The SMILES string of the molecule is CNC(C(=O)NC(C(=O)N(C)C(/C=C(\C)C(=O)O)C(C)C)C(C)(C)C)C(C)(C)c1cccc(NC(=O)OCc2ccc(OC3OC(C(=O)O)C(O)C(O)C3O)c(CNC(=O)CCNC(=O)C(CNC(=O)CCOCCOC)NC(=O)CCCCCN3C(=O)C=CC3=O)c2)c1. The highest BCUT2D eigenvalue weighted by Gasteiger charge is 2.48. The number of aliphatic carboxylic acids is 2. The highest BCUT2D eigenvalue weighted by Crippen LogP contribution is 2.32. The predicted molar refractivity (Wildman–Crippen MR) is 338 cm³/mol. The fraction of sp³-hybridized carbons (Fsp3) is 0.578. The first kappa shape index (κ1) is 78.1. The zero-order valence-corrected chi connectivity index (χ0v) is 55.1. The van der Waals surface area contributed by atoms with Crippen molar-refractivity contribution in [2.75, 3.05) is 66.0 Å². The van der Waals surface area contributed by atoms with E-state index in [-0.39, 0.29) is 87.1 Å². The van der Waals surface area contributed by atoms with Crippen molar-refractivity contribution in [3.8, 4) is 5.75 Å². The number of carboxylic acids is 2. The van der Waals surface area contributed by atoms with E-state index in [0.29, 0.717) is 37.0 Å². The number of nitrogens with one attached hydrogen (secondary N) is 7. The van der Waals surface area contributed by atoms with E-state index in [1.54, 1.807) is 73.0 Å². The molecular weight excluding hydrogens is 1230 g/mol. The molecule has 0 aliphatic carbocycles. The molecule has 94 heavy (non-hydrogen) atoms. The van der Waals surface area contributed by atoms with Crippen molar-refractivity contribution in [3.05, 3.63) is 83.0 Å². The van der Waals surface area contributed by atoms with Gasteiger partial charge < -0.3 is 86.0 Å². The van der Waals surface area contributed by atoms with Crippen LogP contribution < -0.4 is 42.0 Å². The van der Waals surface area contributed by atoms with Gasteiger partial charge in [0.2, 0.25) is 41.7 Å². The normalized spacial score (nSPS) is 18.7. The van der Waals surface area contributed by atoms with Crippen molar-refractivity contribution in [2.24, 2.45) is 11.3 Å². The number of carbonyl (C=O) groups excluding carboxylic acids is 9. The number of hydrogen-bond donors (Lipinski definition) is 12. The number of anilines is 1. The smallest absolute Gasteiger partial charge is 0.411 e. The summed E-state index contributed by atoms with van der Waals surface area (Å²) in [4.78, 5) is 145. The number of rotatable bonds is 37. The third kappa shape index (κ3) is 23.6. The lowest BCUT2D eigenvalue weighted by molar-refractivity contribution is -0.271. The van der Waals surface area contributed by atoms with Crippen molar-refractivity contribution in [3.63, 3.8) is 0 Å². The van der Waals surface area contributed by atoms with E-state index in [0.717, 1.165) is 4.90 Å². The molecule has 2 aliphatic heterocycles. The number of carboxylic acid groups (broad SMARTS) is 2. The third-order valence-corrected chi connectivity index (χ3v) is 15.7. The van der Waals surface area contributed by atoms with E-state index >= 15 is 0 Å². The second-order valence-corrected chi connectivity index (χ2v) is 24.7. The molecule has 4 rings (SSSR count). The average molecular weight is 1320 g/mol. The number of benzene rings is 2. The summed E-state index contributed by atoms with van der Waals surface area (Å²) in [5.41, 5.74) is -0.391. The Labute approximate surface area is 546 Å². The number of unbranched alkanes of at least 4 members (excludes halogenated alkanes) is 2. The molecule has 2 heterocycles. The van der Waals surface area contributed by atoms with Crippen LogP contribution in [0.5, 0.6) is 5.75 Å². The minimum atomic E-state index is -2.03. The molecule has 0 spiro atoms. The molecule has 2 aromatic carbocycles. The number of imide groups is 1. The van der Waals surface area contributed by atoms with E-state index in [9.17, 15) is 78.3 Å². The quantitative estimate of drug-likeness (QED) is 0.0254. The Morgan fingerprint density at radius 3 is 2.07 bits per heavy atom. The summed E-state index contributed by atoms with van der Waals surface area (Å²) in [6, 6.07) is 7.01. The highest BCUT2D eigenvalue weighted by atomic mass is 16.7. The van der Waals surface area contributed by atoms with Crippen molar-refractivity contribution < 1.29 is 102 Å². The maximum absolute atomic E-state index is 14.3. The summed E-state index contributed by atoms with van der Waals surface area (Å²) < 4.78 is 27.1. The van der Waals surface area contributed by atoms with E-state index in [1.165, 1.54) is 55.4 Å². The number of aliphatic hydroxyl groups excluding tert-OH is 3. The van der Waals surface area contributed by atoms with Gasteiger partial charge in [-0.3, -0.25) is 48.6 Å². The van der Waals surface area contributed by atoms with Gasteiger partial charge in [-0.2, -0.15) is 0 Å². The maximum atomic E-state index is 14.3. The van der Waals surface area contributed by atoms with Gasteiger partial charge in [-0.05, 0) is 73.5 Å². The number of amides is 9. The lowest BCUT2D eigenvalue weighted by Gasteiger charge is -2.40. The summed E-state index contributed by atoms with van der Waals surface area (Å²) in [5, 5.41) is 70.0. The molecule has 1 saturated heterocycles. The van der Waals surface area contributed by atoms with Crippen LogP contribution in [-0.2, 0) is 85.5 Å². The van der Waals surface area contributed by atoms with Gasteiger partial charge in [-0.25, -0.2) is 14.4 Å². The number of ether oxygens (including phenoxy) is 5. The van der Waals surface area contributed by atoms with Crippen LogP contribution in [0.4, 0.5) is 10.5 Å². The summed E-state index contributed by atoms with van der Waals surface area (Å²) in [6.45, 7) is 13.6. The Kier molecular flexibility index (Phi) is 30.6. The van der Waals surface area contributed by atoms with Gasteiger partial charge in [0, 0.05) is 94.0 Å². The number of hydrogen-bond acceptors (Lipinski definition) is 20. The largest absolute Gasteiger partial charge is 0.479 e. The number of carbonyl (C=O) groups is 11. The summed E-state index contributed by atoms with van der Waals surface area (Å²) in [5.74, 6) is -7.24. The molecule has 12 N–H and O–H groups in total. The van der Waals surface area contributed by atoms with Gasteiger partial charge in [0.25, 0.3) is 11.8 Å². The standard InChI is InChI=1S/C64H93N9O21/c1-36(2)43(30-37(3)59(85)86)72(10)58(84)55(63(4,5)6)71-57(83)54(65-9)64(7,8)40-16-15-17-41(32-40)69-62(89)92-35-38-19-20-44(93-61-52(81)50(79)51(80)53(94-61)60(87)88)39(31-38)33-67-45(74)23-25-66-56(82)42(34-68-46(75)24-27-91-29-28-90-11)70-47(76)18-13-12-14-26-73-48(77)21-22-49(73)78/h15-17,19-22,30-32,36,42-43,50-55,61,65,79-81H,12-14,18,23-29,33-35H2,1-11H3,(H,66,82)(H,67,74)(H,68,75)(H,69,89)(H,70,76)(H,71,83)(H,85,86)(H,87,88)/b37-30+. The van der Waals surface area contributed by atoms with E-state index in [2.05, 4.69) is 37.2 Å². The van der Waals surface area contributed by atoms with Gasteiger partial charge in [0.05, 0.1) is 31.9 Å².